The Bertz CT molecular complexity index is 498. The van der Waals surface area contributed by atoms with Gasteiger partial charge in [-0.1, -0.05) is 6.07 Å². The highest BCUT2D eigenvalue weighted by Crippen LogP contribution is 2.34. The molecule has 0 unspecified atom stereocenters. The van der Waals surface area contributed by atoms with Crippen LogP contribution in [0.5, 0.6) is 0 Å². The van der Waals surface area contributed by atoms with E-state index in [0.717, 1.165) is 25.3 Å². The predicted octanol–water partition coefficient (Wildman–Crippen LogP) is 2.28. The molecule has 0 N–H and O–H groups in total. The number of nitrogens with zero attached hydrogens (tertiary/aromatic N) is 3. The number of carbonyl (C=O) groups is 1. The molecule has 1 aromatic rings. The van der Waals surface area contributed by atoms with E-state index in [0.29, 0.717) is 6.04 Å². The topological polar surface area (TPSA) is 45.7 Å². The molecule has 0 radical (unpaired) electrons. The highest BCUT2D eigenvalue weighted by atomic mass is 16.6. The third-order valence-corrected chi connectivity index (χ3v) is 3.81. The fourth-order valence-electron chi connectivity index (χ4n) is 3.02. The smallest absolute Gasteiger partial charge is 0.410 e. The zero-order valence-electron chi connectivity index (χ0n) is 12.2. The fraction of sp³-hybridized carbons (Fsp3) is 0.600. The Labute approximate surface area is 119 Å². The number of hydrogen-bond donors (Lipinski definition) is 0. The summed E-state index contributed by atoms with van der Waals surface area (Å²) in [7, 11) is 0. The van der Waals surface area contributed by atoms with Gasteiger partial charge in [-0.2, -0.15) is 0 Å². The van der Waals surface area contributed by atoms with Crippen LogP contribution < -0.4 is 4.90 Å². The van der Waals surface area contributed by atoms with Crippen molar-refractivity contribution < 1.29 is 9.53 Å². The molecule has 3 heterocycles. The second-order valence-corrected chi connectivity index (χ2v) is 6.52. The first kappa shape index (κ1) is 13.2. The number of fused-ring (bicyclic) bond motifs is 2. The maximum atomic E-state index is 12.2. The summed E-state index contributed by atoms with van der Waals surface area (Å²) < 4.78 is 5.47. The summed E-state index contributed by atoms with van der Waals surface area (Å²) in [5.74, 6) is 1.00. The van der Waals surface area contributed by atoms with E-state index in [-0.39, 0.29) is 12.1 Å². The maximum absolute atomic E-state index is 12.2. The quantitative estimate of drug-likeness (QED) is 0.789. The first-order valence-electron chi connectivity index (χ1n) is 7.11. The van der Waals surface area contributed by atoms with Gasteiger partial charge in [0.25, 0.3) is 0 Å². The molecule has 0 aromatic carbocycles. The third-order valence-electron chi connectivity index (χ3n) is 3.81. The Kier molecular flexibility index (Phi) is 3.07. The number of aromatic nitrogens is 1. The van der Waals surface area contributed by atoms with Crippen molar-refractivity contribution in [1.29, 1.82) is 0 Å². The van der Waals surface area contributed by atoms with Gasteiger partial charge in [0.15, 0.2) is 0 Å². The molecule has 108 valence electrons. The van der Waals surface area contributed by atoms with Crippen LogP contribution in [-0.2, 0) is 4.74 Å². The van der Waals surface area contributed by atoms with E-state index in [1.807, 2.05) is 50.1 Å². The number of amides is 1. The number of likely N-dealkylation sites (tertiary alicyclic amines) is 1. The summed E-state index contributed by atoms with van der Waals surface area (Å²) >= 11 is 0. The summed E-state index contributed by atoms with van der Waals surface area (Å²) in [4.78, 5) is 20.7. The Hall–Kier alpha value is -1.78. The molecule has 5 heteroatoms. The first-order valence-corrected chi connectivity index (χ1v) is 7.11. The van der Waals surface area contributed by atoms with Gasteiger partial charge in [-0.15, -0.1) is 0 Å². The van der Waals surface area contributed by atoms with E-state index in [9.17, 15) is 4.79 Å². The number of piperazine rings is 1. The molecule has 2 fully saturated rings. The number of ether oxygens (including phenoxy) is 1. The van der Waals surface area contributed by atoms with Crippen molar-refractivity contribution in [1.82, 2.24) is 9.88 Å². The van der Waals surface area contributed by atoms with Crippen LogP contribution in [-0.4, -0.2) is 46.8 Å². The molecule has 2 saturated heterocycles. The molecule has 0 saturated carbocycles. The van der Waals surface area contributed by atoms with Gasteiger partial charge in [-0.3, -0.25) is 0 Å². The van der Waals surface area contributed by atoms with Crippen molar-refractivity contribution in [2.75, 3.05) is 18.0 Å². The number of carbonyl (C=O) groups excluding carboxylic acids is 1. The van der Waals surface area contributed by atoms with Crippen molar-refractivity contribution in [3.63, 3.8) is 0 Å². The zero-order chi connectivity index (χ0) is 14.3. The Morgan fingerprint density at radius 3 is 2.65 bits per heavy atom. The fourth-order valence-corrected chi connectivity index (χ4v) is 3.02. The van der Waals surface area contributed by atoms with Gasteiger partial charge in [0.05, 0.1) is 12.1 Å². The zero-order valence-corrected chi connectivity index (χ0v) is 12.2. The molecular formula is C15H21N3O2. The summed E-state index contributed by atoms with van der Waals surface area (Å²) in [6.07, 6.45) is 2.63. The third kappa shape index (κ3) is 2.44. The van der Waals surface area contributed by atoms with Crippen LogP contribution in [0.25, 0.3) is 0 Å². The standard InChI is InChI=1S/C15H21N3O2/c1-15(2,3)20-14(19)18-10-11-8-12(18)9-17(11)13-6-4-5-7-16-13/h4-7,11-12H,8-10H2,1-3H3/t11-,12-/m1/s1. The van der Waals surface area contributed by atoms with Crippen LogP contribution >= 0.6 is 0 Å². The largest absolute Gasteiger partial charge is 0.444 e. The van der Waals surface area contributed by atoms with Gasteiger partial charge in [-0.05, 0) is 39.3 Å². The Morgan fingerprint density at radius 2 is 2.10 bits per heavy atom. The van der Waals surface area contributed by atoms with Crippen LogP contribution in [0.15, 0.2) is 24.4 Å². The molecule has 3 rings (SSSR count). The molecule has 5 nitrogen and oxygen atoms in total. The van der Waals surface area contributed by atoms with Crippen LogP contribution in [0.1, 0.15) is 27.2 Å². The normalized spacial score (nSPS) is 25.1. The monoisotopic (exact) mass is 275 g/mol. The van der Waals surface area contributed by atoms with E-state index in [1.54, 1.807) is 0 Å². The number of hydrogen-bond acceptors (Lipinski definition) is 4. The Morgan fingerprint density at radius 1 is 1.30 bits per heavy atom. The molecule has 2 bridgehead atoms. The lowest BCUT2D eigenvalue weighted by atomic mass is 10.2. The molecule has 2 atom stereocenters. The SMILES string of the molecule is CC(C)(C)OC(=O)N1C[C@H]2C[C@@H]1CN2c1ccccn1. The first-order chi connectivity index (χ1) is 9.44. The van der Waals surface area contributed by atoms with Crippen molar-refractivity contribution in [2.24, 2.45) is 0 Å². The summed E-state index contributed by atoms with van der Waals surface area (Å²) in [5, 5.41) is 0. The van der Waals surface area contributed by atoms with E-state index in [2.05, 4.69) is 9.88 Å². The second-order valence-electron chi connectivity index (χ2n) is 6.52. The molecule has 1 amide bonds. The minimum atomic E-state index is -0.431. The van der Waals surface area contributed by atoms with Gasteiger partial charge in [0.1, 0.15) is 11.4 Å². The minimum absolute atomic E-state index is 0.189. The second kappa shape index (κ2) is 4.65. The van der Waals surface area contributed by atoms with Crippen molar-refractivity contribution in [3.8, 4) is 0 Å². The molecule has 0 spiro atoms. The van der Waals surface area contributed by atoms with Crippen molar-refractivity contribution in [3.05, 3.63) is 24.4 Å². The van der Waals surface area contributed by atoms with E-state index in [1.165, 1.54) is 0 Å². The van der Waals surface area contributed by atoms with Crippen LogP contribution in [0, 0.1) is 0 Å². The van der Waals surface area contributed by atoms with E-state index in [4.69, 9.17) is 4.74 Å². The van der Waals surface area contributed by atoms with Crippen LogP contribution in [0.3, 0.4) is 0 Å². The molecular weight excluding hydrogens is 254 g/mol. The van der Waals surface area contributed by atoms with Gasteiger partial charge in [0.2, 0.25) is 0 Å². The molecule has 20 heavy (non-hydrogen) atoms. The number of pyridine rings is 1. The lowest BCUT2D eigenvalue weighted by molar-refractivity contribution is 0.0214. The van der Waals surface area contributed by atoms with Gasteiger partial charge >= 0.3 is 6.09 Å². The number of anilines is 1. The van der Waals surface area contributed by atoms with Crippen LogP contribution in [0.4, 0.5) is 10.6 Å². The summed E-state index contributed by atoms with van der Waals surface area (Å²) in [5.41, 5.74) is -0.431. The van der Waals surface area contributed by atoms with Gasteiger partial charge in [0, 0.05) is 19.3 Å². The molecule has 1 aromatic heterocycles. The summed E-state index contributed by atoms with van der Waals surface area (Å²) in [6, 6.07) is 6.56. The lowest BCUT2D eigenvalue weighted by Crippen LogP contribution is -2.50. The van der Waals surface area contributed by atoms with Crippen LogP contribution in [0.2, 0.25) is 0 Å². The summed E-state index contributed by atoms with van der Waals surface area (Å²) in [6.45, 7) is 7.29. The average Bonchev–Trinajstić information content (AvgIpc) is 2.97. The lowest BCUT2D eigenvalue weighted by Gasteiger charge is -2.35. The average molecular weight is 275 g/mol. The van der Waals surface area contributed by atoms with E-state index < -0.39 is 5.60 Å². The number of rotatable bonds is 1. The minimum Gasteiger partial charge on any atom is -0.444 e. The van der Waals surface area contributed by atoms with Crippen molar-refractivity contribution in [2.45, 2.75) is 44.9 Å². The highest BCUT2D eigenvalue weighted by molar-refractivity contribution is 5.70. The molecule has 0 aliphatic carbocycles. The maximum Gasteiger partial charge on any atom is 0.410 e. The predicted molar refractivity (Wildman–Crippen MR) is 76.7 cm³/mol. The van der Waals surface area contributed by atoms with Gasteiger partial charge < -0.3 is 14.5 Å². The van der Waals surface area contributed by atoms with E-state index >= 15 is 0 Å². The Balaban J connectivity index is 1.66. The molecule has 2 aliphatic heterocycles. The van der Waals surface area contributed by atoms with Gasteiger partial charge in [-0.25, -0.2) is 9.78 Å². The van der Waals surface area contributed by atoms with Crippen molar-refractivity contribution >= 4 is 11.9 Å². The highest BCUT2D eigenvalue weighted by Gasteiger charge is 2.46. The molecule has 2 aliphatic rings.